The number of para-hydroxylation sites is 1. The molecule has 0 aliphatic carbocycles. The molecule has 4 heteroatoms. The minimum Gasteiger partial charge on any atom is -0.487 e. The molecular weight excluding hydrogens is 281 g/mol. The summed E-state index contributed by atoms with van der Waals surface area (Å²) >= 11 is 12.4. The molecule has 106 valence electrons. The Morgan fingerprint density at radius 3 is 2.53 bits per heavy atom. The van der Waals surface area contributed by atoms with Crippen LogP contribution < -0.4 is 10.1 Å². The van der Waals surface area contributed by atoms with E-state index < -0.39 is 0 Å². The van der Waals surface area contributed by atoms with Crippen molar-refractivity contribution in [3.8, 4) is 5.75 Å². The van der Waals surface area contributed by atoms with Gasteiger partial charge in [-0.15, -0.1) is 0 Å². The van der Waals surface area contributed by atoms with Crippen LogP contribution in [0.5, 0.6) is 5.75 Å². The second kappa shape index (κ2) is 6.83. The van der Waals surface area contributed by atoms with Crippen molar-refractivity contribution in [3.05, 3.63) is 28.2 Å². The van der Waals surface area contributed by atoms with Gasteiger partial charge in [-0.2, -0.15) is 0 Å². The highest BCUT2D eigenvalue weighted by atomic mass is 35.5. The minimum atomic E-state index is 0.174. The summed E-state index contributed by atoms with van der Waals surface area (Å²) in [6, 6.07) is 5.48. The van der Waals surface area contributed by atoms with Crippen molar-refractivity contribution in [1.82, 2.24) is 5.32 Å². The maximum Gasteiger partial charge on any atom is 0.156 e. The highest BCUT2D eigenvalue weighted by Crippen LogP contribution is 2.35. The van der Waals surface area contributed by atoms with Gasteiger partial charge >= 0.3 is 0 Å². The third-order valence-electron chi connectivity index (χ3n) is 3.52. The molecule has 1 unspecified atom stereocenters. The smallest absolute Gasteiger partial charge is 0.156 e. The van der Waals surface area contributed by atoms with Crippen LogP contribution in [-0.4, -0.2) is 19.2 Å². The number of hydrogen-bond donors (Lipinski definition) is 1. The largest absolute Gasteiger partial charge is 0.487 e. The zero-order valence-corrected chi connectivity index (χ0v) is 13.0. The predicted molar refractivity (Wildman–Crippen MR) is 81.3 cm³/mol. The summed E-state index contributed by atoms with van der Waals surface area (Å²) in [5.74, 6) is 1.75. The zero-order valence-electron chi connectivity index (χ0n) is 11.5. The number of hydrogen-bond acceptors (Lipinski definition) is 2. The lowest BCUT2D eigenvalue weighted by Crippen LogP contribution is -2.30. The summed E-state index contributed by atoms with van der Waals surface area (Å²) in [6.45, 7) is 6.51. The molecule has 0 spiro atoms. The summed E-state index contributed by atoms with van der Waals surface area (Å²) in [7, 11) is 0. The molecular formula is C15H21Cl2NO. The highest BCUT2D eigenvalue weighted by molar-refractivity contribution is 6.37. The molecule has 0 amide bonds. The second-order valence-electron chi connectivity index (χ2n) is 5.59. The number of benzene rings is 1. The molecule has 0 aromatic heterocycles. The summed E-state index contributed by atoms with van der Waals surface area (Å²) < 4.78 is 6.17. The van der Waals surface area contributed by atoms with Crippen LogP contribution in [-0.2, 0) is 0 Å². The second-order valence-corrected chi connectivity index (χ2v) is 6.40. The van der Waals surface area contributed by atoms with E-state index in [1.165, 1.54) is 0 Å². The lowest BCUT2D eigenvalue weighted by Gasteiger charge is -2.26. The Balaban J connectivity index is 2.14. The Hall–Kier alpha value is -0.440. The first-order valence-corrected chi connectivity index (χ1v) is 7.65. The van der Waals surface area contributed by atoms with Gasteiger partial charge in [0.1, 0.15) is 6.10 Å². The van der Waals surface area contributed by atoms with Gasteiger partial charge in [0.15, 0.2) is 5.75 Å². The van der Waals surface area contributed by atoms with Gasteiger partial charge in [-0.25, -0.2) is 0 Å². The molecule has 1 N–H and O–H groups in total. The van der Waals surface area contributed by atoms with E-state index in [0.717, 1.165) is 25.9 Å². The van der Waals surface area contributed by atoms with E-state index in [1.807, 2.05) is 18.2 Å². The molecule has 0 radical (unpaired) electrons. The molecule has 1 aliphatic heterocycles. The number of ether oxygens (including phenoxy) is 1. The fourth-order valence-corrected chi connectivity index (χ4v) is 3.03. The van der Waals surface area contributed by atoms with Crippen LogP contribution in [0.25, 0.3) is 0 Å². The molecule has 2 rings (SSSR count). The van der Waals surface area contributed by atoms with Gasteiger partial charge in [0.25, 0.3) is 0 Å². The van der Waals surface area contributed by atoms with E-state index in [0.29, 0.717) is 27.6 Å². The molecule has 0 bridgehead atoms. The first kappa shape index (κ1) is 15.0. The average Bonchev–Trinajstić information content (AvgIpc) is 2.85. The first-order chi connectivity index (χ1) is 9.08. The van der Waals surface area contributed by atoms with Crippen LogP contribution in [0.2, 0.25) is 10.0 Å². The van der Waals surface area contributed by atoms with Crippen molar-refractivity contribution in [2.75, 3.05) is 13.1 Å². The minimum absolute atomic E-state index is 0.174. The maximum absolute atomic E-state index is 6.19. The molecule has 1 aromatic rings. The highest BCUT2D eigenvalue weighted by Gasteiger charge is 2.28. The Bertz CT molecular complexity index is 396. The molecule has 1 saturated heterocycles. The molecule has 1 aliphatic rings. The summed E-state index contributed by atoms with van der Waals surface area (Å²) in [5.41, 5.74) is 0. The maximum atomic E-state index is 6.19. The van der Waals surface area contributed by atoms with E-state index in [4.69, 9.17) is 27.9 Å². The van der Waals surface area contributed by atoms with Crippen LogP contribution in [0.4, 0.5) is 0 Å². The monoisotopic (exact) mass is 301 g/mol. The quantitative estimate of drug-likeness (QED) is 0.870. The Morgan fingerprint density at radius 1 is 1.32 bits per heavy atom. The van der Waals surface area contributed by atoms with Gasteiger partial charge in [-0.3, -0.25) is 0 Å². The average molecular weight is 302 g/mol. The normalized spacial score (nSPS) is 20.8. The van der Waals surface area contributed by atoms with Crippen LogP contribution in [0, 0.1) is 11.8 Å². The van der Waals surface area contributed by atoms with Crippen LogP contribution in [0.3, 0.4) is 0 Å². The summed E-state index contributed by atoms with van der Waals surface area (Å²) in [6.07, 6.45) is 2.35. The standard InChI is InChI=1S/C15H21Cl2NO/c1-10(2)8-14(11-6-7-18-9-11)19-15-12(16)4-3-5-13(15)17/h3-5,10-11,14,18H,6-9H2,1-2H3/t11?,14-/m1/s1. The molecule has 2 atom stereocenters. The van der Waals surface area contributed by atoms with Gasteiger partial charge in [0, 0.05) is 12.5 Å². The van der Waals surface area contributed by atoms with Crippen molar-refractivity contribution < 1.29 is 4.74 Å². The summed E-state index contributed by atoms with van der Waals surface area (Å²) in [4.78, 5) is 0. The van der Waals surface area contributed by atoms with E-state index in [-0.39, 0.29) is 6.10 Å². The van der Waals surface area contributed by atoms with Crippen LogP contribution in [0.15, 0.2) is 18.2 Å². The molecule has 19 heavy (non-hydrogen) atoms. The lowest BCUT2D eigenvalue weighted by molar-refractivity contribution is 0.120. The van der Waals surface area contributed by atoms with Gasteiger partial charge in [0.05, 0.1) is 10.0 Å². The van der Waals surface area contributed by atoms with E-state index in [9.17, 15) is 0 Å². The third kappa shape index (κ3) is 4.01. The van der Waals surface area contributed by atoms with E-state index in [2.05, 4.69) is 19.2 Å². The molecule has 2 nitrogen and oxygen atoms in total. The van der Waals surface area contributed by atoms with Crippen molar-refractivity contribution >= 4 is 23.2 Å². The van der Waals surface area contributed by atoms with Crippen molar-refractivity contribution in [2.45, 2.75) is 32.8 Å². The van der Waals surface area contributed by atoms with E-state index >= 15 is 0 Å². The number of nitrogens with one attached hydrogen (secondary N) is 1. The third-order valence-corrected chi connectivity index (χ3v) is 4.11. The topological polar surface area (TPSA) is 21.3 Å². The fourth-order valence-electron chi connectivity index (χ4n) is 2.54. The lowest BCUT2D eigenvalue weighted by atomic mass is 9.93. The van der Waals surface area contributed by atoms with Crippen molar-refractivity contribution in [2.24, 2.45) is 11.8 Å². The Labute approximate surface area is 125 Å². The first-order valence-electron chi connectivity index (χ1n) is 6.89. The summed E-state index contributed by atoms with van der Waals surface area (Å²) in [5, 5.41) is 4.58. The van der Waals surface area contributed by atoms with Gasteiger partial charge in [0.2, 0.25) is 0 Å². The Kier molecular flexibility index (Phi) is 5.37. The molecule has 1 fully saturated rings. The molecule has 0 saturated carbocycles. The number of halogens is 2. The fraction of sp³-hybridized carbons (Fsp3) is 0.600. The van der Waals surface area contributed by atoms with Crippen LogP contribution >= 0.6 is 23.2 Å². The predicted octanol–water partition coefficient (Wildman–Crippen LogP) is 4.40. The number of rotatable bonds is 5. The van der Waals surface area contributed by atoms with Crippen molar-refractivity contribution in [1.29, 1.82) is 0 Å². The van der Waals surface area contributed by atoms with Gasteiger partial charge in [-0.1, -0.05) is 43.1 Å². The van der Waals surface area contributed by atoms with Gasteiger partial charge in [-0.05, 0) is 37.4 Å². The molecule has 1 aromatic carbocycles. The zero-order chi connectivity index (χ0) is 13.8. The SMILES string of the molecule is CC(C)C[C@@H](Oc1c(Cl)cccc1Cl)C1CCNC1. The van der Waals surface area contributed by atoms with E-state index in [1.54, 1.807) is 0 Å². The Morgan fingerprint density at radius 2 is 2.00 bits per heavy atom. The van der Waals surface area contributed by atoms with Crippen LogP contribution in [0.1, 0.15) is 26.7 Å². The van der Waals surface area contributed by atoms with Crippen molar-refractivity contribution in [3.63, 3.8) is 0 Å². The van der Waals surface area contributed by atoms with Gasteiger partial charge < -0.3 is 10.1 Å². The molecule has 1 heterocycles.